The number of methoxy groups -OCH3 is 1. The van der Waals surface area contributed by atoms with Crippen molar-refractivity contribution in [1.82, 2.24) is 0 Å². The standard InChI is InChI=1S/C29H34O11/c1-14(30)39-28-9-8-26(4)22(15-7-10-36-13-15)38-18(32)12-29(26,28)40-23-19(28)21(33)25(2,3)20-16(11-17(31)35-6)37-24(34)27(20,23)5/h7,10,13,16,19-20,22-23H,8-9,11-12H2,1-6H3/t16-,19-,20-,22-,23-,26-,27+,28-,29+/m0/s1. The maximum absolute atomic E-state index is 14.6. The zero-order valence-electron chi connectivity index (χ0n) is 23.4. The van der Waals surface area contributed by atoms with E-state index in [0.717, 1.165) is 0 Å². The molecular weight excluding hydrogens is 524 g/mol. The lowest BCUT2D eigenvalue weighted by Gasteiger charge is -2.53. The average Bonchev–Trinajstić information content (AvgIpc) is 3.60. The van der Waals surface area contributed by atoms with Gasteiger partial charge in [-0.15, -0.1) is 0 Å². The maximum Gasteiger partial charge on any atom is 0.315 e. The molecule has 216 valence electrons. The third kappa shape index (κ3) is 2.96. The molecule has 3 saturated heterocycles. The SMILES string of the molecule is COC(=O)C[C@@H]1OC(=O)[C@@]2(C)[C@H]3O[C@]45CC(=O)O[C@@H](c6ccoc6)[C@]4(C)CC[C@]5(OC(C)=O)[C@H]3C(=O)C(C)(C)[C@H]12. The summed E-state index contributed by atoms with van der Waals surface area (Å²) in [6.07, 6.45) is 0.309. The van der Waals surface area contributed by atoms with Crippen molar-refractivity contribution in [2.24, 2.45) is 28.1 Å². The van der Waals surface area contributed by atoms with Gasteiger partial charge in [0.15, 0.2) is 5.60 Å². The van der Waals surface area contributed by atoms with Crippen LogP contribution in [0.3, 0.4) is 0 Å². The second-order valence-electron chi connectivity index (χ2n) is 12.9. The summed E-state index contributed by atoms with van der Waals surface area (Å²) in [5.74, 6) is -4.45. The smallest absolute Gasteiger partial charge is 0.315 e. The molecule has 0 N–H and O–H groups in total. The predicted octanol–water partition coefficient (Wildman–Crippen LogP) is 2.84. The first kappa shape index (κ1) is 27.0. The first-order chi connectivity index (χ1) is 18.7. The Morgan fingerprint density at radius 3 is 2.42 bits per heavy atom. The van der Waals surface area contributed by atoms with Crippen molar-refractivity contribution in [3.05, 3.63) is 24.2 Å². The van der Waals surface area contributed by atoms with E-state index in [2.05, 4.69) is 0 Å². The van der Waals surface area contributed by atoms with Gasteiger partial charge < -0.3 is 28.1 Å². The van der Waals surface area contributed by atoms with Crippen molar-refractivity contribution in [2.45, 2.75) is 89.8 Å². The molecule has 6 rings (SSSR count). The zero-order chi connectivity index (χ0) is 29.0. The second-order valence-corrected chi connectivity index (χ2v) is 12.9. The number of hydrogen-bond donors (Lipinski definition) is 0. The first-order valence-corrected chi connectivity index (χ1v) is 13.6. The van der Waals surface area contributed by atoms with Gasteiger partial charge in [-0.05, 0) is 25.8 Å². The van der Waals surface area contributed by atoms with Crippen LogP contribution >= 0.6 is 0 Å². The van der Waals surface area contributed by atoms with Gasteiger partial charge in [-0.3, -0.25) is 24.0 Å². The van der Waals surface area contributed by atoms with Crippen LogP contribution in [0.1, 0.15) is 72.0 Å². The molecule has 0 aromatic carbocycles. The second kappa shape index (κ2) is 8.18. The molecule has 5 aliphatic rings. The zero-order valence-corrected chi connectivity index (χ0v) is 23.4. The third-order valence-electron chi connectivity index (χ3n) is 10.7. The van der Waals surface area contributed by atoms with E-state index in [1.54, 1.807) is 26.8 Å². The highest BCUT2D eigenvalue weighted by Crippen LogP contribution is 2.75. The van der Waals surface area contributed by atoms with Crippen LogP contribution in [0.2, 0.25) is 0 Å². The van der Waals surface area contributed by atoms with Gasteiger partial charge in [0, 0.05) is 29.2 Å². The largest absolute Gasteiger partial charge is 0.472 e. The normalized spacial score (nSPS) is 44.5. The van der Waals surface area contributed by atoms with E-state index in [9.17, 15) is 24.0 Å². The summed E-state index contributed by atoms with van der Waals surface area (Å²) in [4.78, 5) is 66.7. The van der Waals surface area contributed by atoms with E-state index in [4.69, 9.17) is 28.1 Å². The van der Waals surface area contributed by atoms with E-state index in [1.165, 1.54) is 26.6 Å². The third-order valence-corrected chi connectivity index (χ3v) is 10.7. The van der Waals surface area contributed by atoms with Crippen molar-refractivity contribution in [3.8, 4) is 0 Å². The van der Waals surface area contributed by atoms with Gasteiger partial charge in [0.1, 0.15) is 23.6 Å². The Hall–Kier alpha value is -3.21. The summed E-state index contributed by atoms with van der Waals surface area (Å²) in [6, 6.07) is 1.70. The Labute approximate surface area is 231 Å². The fourth-order valence-corrected chi connectivity index (χ4v) is 9.19. The number of ether oxygens (including phenoxy) is 5. The first-order valence-electron chi connectivity index (χ1n) is 13.6. The van der Waals surface area contributed by atoms with Crippen molar-refractivity contribution < 1.29 is 52.1 Å². The van der Waals surface area contributed by atoms with Crippen molar-refractivity contribution in [1.29, 1.82) is 0 Å². The number of fused-ring (bicyclic) bond motifs is 4. The Kier molecular flexibility index (Phi) is 5.52. The number of ketones is 1. The fraction of sp³-hybridized carbons (Fsp3) is 0.690. The van der Waals surface area contributed by atoms with E-state index in [0.29, 0.717) is 12.0 Å². The topological polar surface area (TPSA) is 145 Å². The molecule has 5 fully saturated rings. The van der Waals surface area contributed by atoms with E-state index in [-0.39, 0.29) is 25.0 Å². The monoisotopic (exact) mass is 558 g/mol. The van der Waals surface area contributed by atoms with Gasteiger partial charge >= 0.3 is 23.9 Å². The van der Waals surface area contributed by atoms with Gasteiger partial charge in [-0.2, -0.15) is 0 Å². The quantitative estimate of drug-likeness (QED) is 0.397. The molecule has 0 bridgehead atoms. The molecule has 0 amide bonds. The number of carbonyl (C=O) groups excluding carboxylic acids is 5. The molecule has 4 heterocycles. The molecule has 1 aromatic rings. The minimum Gasteiger partial charge on any atom is -0.472 e. The number of esters is 4. The van der Waals surface area contributed by atoms with Crippen LogP contribution < -0.4 is 0 Å². The molecule has 2 aliphatic carbocycles. The molecule has 40 heavy (non-hydrogen) atoms. The molecule has 0 unspecified atom stereocenters. The fourth-order valence-electron chi connectivity index (χ4n) is 9.19. The number of cyclic esters (lactones) is 2. The summed E-state index contributed by atoms with van der Waals surface area (Å²) in [5.41, 5.74) is -5.92. The molecule has 1 spiro atoms. The molecule has 11 nitrogen and oxygen atoms in total. The number of carbonyl (C=O) groups is 5. The molecule has 11 heteroatoms. The minimum atomic E-state index is -1.54. The van der Waals surface area contributed by atoms with Gasteiger partial charge in [0.25, 0.3) is 0 Å². The van der Waals surface area contributed by atoms with Gasteiger partial charge in [-0.25, -0.2) is 0 Å². The molecule has 0 radical (unpaired) electrons. The Bertz CT molecular complexity index is 1310. The highest BCUT2D eigenvalue weighted by atomic mass is 16.6. The summed E-state index contributed by atoms with van der Waals surface area (Å²) in [7, 11) is 1.24. The highest BCUT2D eigenvalue weighted by molar-refractivity contribution is 5.96. The molecule has 1 aromatic heterocycles. The highest BCUT2D eigenvalue weighted by Gasteiger charge is 2.87. The maximum atomic E-state index is 14.6. The van der Waals surface area contributed by atoms with E-state index < -0.39 is 81.5 Å². The summed E-state index contributed by atoms with van der Waals surface area (Å²) in [5, 5.41) is 0. The van der Waals surface area contributed by atoms with E-state index in [1.807, 2.05) is 6.92 Å². The molecule has 9 atom stereocenters. The number of Topliss-reactive ketones (excluding diaryl/α,β-unsaturated/α-hetero) is 1. The van der Waals surface area contributed by atoms with Gasteiger partial charge in [0.2, 0.25) is 0 Å². The van der Waals surface area contributed by atoms with Crippen molar-refractivity contribution >= 4 is 29.7 Å². The minimum absolute atomic E-state index is 0.219. The van der Waals surface area contributed by atoms with Gasteiger partial charge in [0.05, 0.1) is 49.9 Å². The van der Waals surface area contributed by atoms with Crippen LogP contribution in [0, 0.1) is 28.1 Å². The molecule has 3 aliphatic heterocycles. The summed E-state index contributed by atoms with van der Waals surface area (Å²) < 4.78 is 35.0. The molecule has 2 saturated carbocycles. The molecular formula is C29H34O11. The van der Waals surface area contributed by atoms with Crippen LogP contribution in [-0.4, -0.2) is 60.2 Å². The van der Waals surface area contributed by atoms with Crippen molar-refractivity contribution in [2.75, 3.05) is 7.11 Å². The predicted molar refractivity (Wildman–Crippen MR) is 132 cm³/mol. The van der Waals surface area contributed by atoms with Crippen LogP contribution in [0.15, 0.2) is 23.0 Å². The van der Waals surface area contributed by atoms with Crippen LogP contribution in [-0.2, 0) is 47.7 Å². The summed E-state index contributed by atoms with van der Waals surface area (Å²) >= 11 is 0. The number of furan rings is 1. The lowest BCUT2D eigenvalue weighted by molar-refractivity contribution is -0.250. The Morgan fingerprint density at radius 2 is 1.80 bits per heavy atom. The van der Waals surface area contributed by atoms with Gasteiger partial charge in [-0.1, -0.05) is 20.8 Å². The van der Waals surface area contributed by atoms with Crippen LogP contribution in [0.4, 0.5) is 0 Å². The van der Waals surface area contributed by atoms with Crippen LogP contribution in [0.25, 0.3) is 0 Å². The van der Waals surface area contributed by atoms with E-state index >= 15 is 0 Å². The van der Waals surface area contributed by atoms with Crippen molar-refractivity contribution in [3.63, 3.8) is 0 Å². The Balaban J connectivity index is 1.56. The van der Waals surface area contributed by atoms with Crippen LogP contribution in [0.5, 0.6) is 0 Å². The summed E-state index contributed by atoms with van der Waals surface area (Å²) in [6.45, 7) is 8.31. The number of rotatable bonds is 4. The lowest BCUT2D eigenvalue weighted by Crippen LogP contribution is -2.67. The number of hydrogen-bond acceptors (Lipinski definition) is 11. The Morgan fingerprint density at radius 1 is 1.07 bits per heavy atom. The average molecular weight is 559 g/mol. The lowest BCUT2D eigenvalue weighted by atomic mass is 9.48.